The van der Waals surface area contributed by atoms with Crippen LogP contribution in [-0.2, 0) is 25.4 Å². The molecule has 1 aromatic heterocycles. The quantitative estimate of drug-likeness (QED) is 0.413. The molecule has 0 spiro atoms. The van der Waals surface area contributed by atoms with Crippen molar-refractivity contribution in [2.45, 2.75) is 57.5 Å². The van der Waals surface area contributed by atoms with Gasteiger partial charge in [-0.05, 0) is 30.9 Å². The molecule has 31 heavy (non-hydrogen) atoms. The lowest BCUT2D eigenvalue weighted by molar-refractivity contribution is -0.159. The summed E-state index contributed by atoms with van der Waals surface area (Å²) in [6.45, 7) is 0.181. The molecule has 1 aliphatic heterocycles. The zero-order valence-corrected chi connectivity index (χ0v) is 18.3. The number of halogens is 1. The molecule has 3 rings (SSSR count). The molecule has 0 amide bonds. The highest BCUT2D eigenvalue weighted by Gasteiger charge is 2.29. The largest absolute Gasteiger partial charge is 0.460 e. The van der Waals surface area contributed by atoms with Crippen LogP contribution >= 0.6 is 12.4 Å². The van der Waals surface area contributed by atoms with Gasteiger partial charge in [0.1, 0.15) is 12.4 Å². The Labute approximate surface area is 188 Å². The van der Waals surface area contributed by atoms with Crippen LogP contribution in [0.5, 0.6) is 0 Å². The molecule has 2 N–H and O–H groups in total. The number of esters is 1. The van der Waals surface area contributed by atoms with E-state index in [1.807, 2.05) is 6.07 Å². The number of nitrogens with two attached hydrogens (primary N) is 1. The van der Waals surface area contributed by atoms with Crippen molar-refractivity contribution in [2.75, 3.05) is 18.9 Å². The van der Waals surface area contributed by atoms with Crippen molar-refractivity contribution in [1.29, 1.82) is 0 Å². The number of anilines is 1. The van der Waals surface area contributed by atoms with Crippen LogP contribution in [0.4, 0.5) is 5.82 Å². The number of nitrogens with zero attached hydrogens (tertiary/aromatic N) is 2. The average molecular weight is 452 g/mol. The maximum atomic E-state index is 11.9. The molecular weight excluding hydrogens is 422 g/mol. The van der Waals surface area contributed by atoms with Gasteiger partial charge in [0.05, 0.1) is 6.61 Å². The van der Waals surface area contributed by atoms with E-state index in [9.17, 15) is 9.59 Å². The number of ether oxygens (including phenoxy) is 3. The molecule has 2 heterocycles. The van der Waals surface area contributed by atoms with Crippen LogP contribution in [0.25, 0.3) is 0 Å². The summed E-state index contributed by atoms with van der Waals surface area (Å²) in [5.41, 5.74) is 6.34. The highest BCUT2D eigenvalue weighted by atomic mass is 35.5. The van der Waals surface area contributed by atoms with E-state index in [1.165, 1.54) is 28.8 Å². The zero-order chi connectivity index (χ0) is 21.2. The highest BCUT2D eigenvalue weighted by molar-refractivity contribution is 5.85. The second-order valence-corrected chi connectivity index (χ2v) is 7.33. The Hall–Kier alpha value is -2.42. The van der Waals surface area contributed by atoms with Gasteiger partial charge in [-0.1, -0.05) is 49.6 Å². The molecule has 0 saturated carbocycles. The highest BCUT2D eigenvalue weighted by Crippen LogP contribution is 2.20. The van der Waals surface area contributed by atoms with Crippen LogP contribution in [0, 0.1) is 0 Å². The second-order valence-electron chi connectivity index (χ2n) is 7.33. The minimum Gasteiger partial charge on any atom is -0.460 e. The summed E-state index contributed by atoms with van der Waals surface area (Å²) in [6.07, 6.45) is 6.95. The summed E-state index contributed by atoms with van der Waals surface area (Å²) in [5.74, 6) is -0.113. The number of benzene rings is 1. The number of hydrogen-bond donors (Lipinski definition) is 1. The Morgan fingerprint density at radius 1 is 1.13 bits per heavy atom. The molecule has 9 heteroatoms. The lowest BCUT2D eigenvalue weighted by Gasteiger charge is -2.13. The lowest BCUT2D eigenvalue weighted by Crippen LogP contribution is -2.29. The number of nitrogen functional groups attached to an aromatic ring is 1. The first-order valence-electron chi connectivity index (χ1n) is 10.4. The minimum atomic E-state index is -0.693. The number of rotatable bonds is 11. The monoisotopic (exact) mass is 451 g/mol. The third kappa shape index (κ3) is 8.32. The molecule has 2 atom stereocenters. The van der Waals surface area contributed by atoms with Gasteiger partial charge in [0.25, 0.3) is 0 Å². The van der Waals surface area contributed by atoms with E-state index < -0.39 is 18.2 Å². The first kappa shape index (κ1) is 24.8. The molecule has 0 bridgehead atoms. The molecular formula is C22H30ClN3O5. The fourth-order valence-corrected chi connectivity index (χ4v) is 3.33. The van der Waals surface area contributed by atoms with Gasteiger partial charge in [-0.3, -0.25) is 9.36 Å². The number of aromatic nitrogens is 2. The summed E-state index contributed by atoms with van der Waals surface area (Å²) in [4.78, 5) is 27.4. The molecule has 0 radical (unpaired) electrons. The summed E-state index contributed by atoms with van der Waals surface area (Å²) in [6, 6.07) is 12.0. The van der Waals surface area contributed by atoms with Crippen LogP contribution < -0.4 is 11.4 Å². The van der Waals surface area contributed by atoms with Crippen molar-refractivity contribution in [3.63, 3.8) is 0 Å². The van der Waals surface area contributed by atoms with Crippen molar-refractivity contribution < 1.29 is 19.0 Å². The van der Waals surface area contributed by atoms with E-state index in [0.29, 0.717) is 6.42 Å². The van der Waals surface area contributed by atoms with Crippen molar-refractivity contribution >= 4 is 24.2 Å². The molecule has 0 unspecified atom stereocenters. The van der Waals surface area contributed by atoms with E-state index in [1.54, 1.807) is 0 Å². The Kier molecular flexibility index (Phi) is 10.5. The van der Waals surface area contributed by atoms with Crippen molar-refractivity contribution in [1.82, 2.24) is 9.55 Å². The number of aryl methyl sites for hydroxylation is 1. The van der Waals surface area contributed by atoms with Gasteiger partial charge in [-0.2, -0.15) is 4.98 Å². The number of hydrogen-bond acceptors (Lipinski definition) is 7. The van der Waals surface area contributed by atoms with Crippen molar-refractivity contribution in [3.05, 3.63) is 58.6 Å². The van der Waals surface area contributed by atoms with E-state index in [2.05, 4.69) is 29.2 Å². The maximum Gasteiger partial charge on any atom is 0.351 e. The van der Waals surface area contributed by atoms with E-state index >= 15 is 0 Å². The van der Waals surface area contributed by atoms with Crippen molar-refractivity contribution in [2.24, 2.45) is 0 Å². The number of carbonyl (C=O) groups excluding carboxylic acids is 1. The van der Waals surface area contributed by atoms with Gasteiger partial charge in [0.2, 0.25) is 0 Å². The average Bonchev–Trinajstić information content (AvgIpc) is 3.21. The Morgan fingerprint density at radius 3 is 2.65 bits per heavy atom. The van der Waals surface area contributed by atoms with Crippen LogP contribution in [0.3, 0.4) is 0 Å². The van der Waals surface area contributed by atoms with Gasteiger partial charge in [-0.25, -0.2) is 4.79 Å². The molecule has 0 aliphatic carbocycles. The summed E-state index contributed by atoms with van der Waals surface area (Å²) in [5, 5.41) is 0. The predicted molar refractivity (Wildman–Crippen MR) is 119 cm³/mol. The minimum absolute atomic E-state index is 0. The topological polar surface area (TPSA) is 106 Å². The maximum absolute atomic E-state index is 11.9. The van der Waals surface area contributed by atoms with E-state index in [4.69, 9.17) is 19.9 Å². The number of unbranched alkanes of at least 4 members (excludes halogenated alkanes) is 4. The molecule has 170 valence electrons. The van der Waals surface area contributed by atoms with Crippen LogP contribution in [0.2, 0.25) is 0 Å². The fraction of sp³-hybridized carbons (Fsp3) is 0.500. The summed E-state index contributed by atoms with van der Waals surface area (Å²) < 4.78 is 17.6. The Bertz CT molecular complexity index is 862. The van der Waals surface area contributed by atoms with E-state index in [-0.39, 0.29) is 37.4 Å². The molecule has 2 aromatic rings. The summed E-state index contributed by atoms with van der Waals surface area (Å²) in [7, 11) is 0. The Morgan fingerprint density at radius 2 is 1.87 bits per heavy atom. The third-order valence-electron chi connectivity index (χ3n) is 4.96. The first-order valence-corrected chi connectivity index (χ1v) is 10.4. The predicted octanol–water partition coefficient (Wildman–Crippen LogP) is 3.25. The fourth-order valence-electron chi connectivity index (χ4n) is 3.33. The molecule has 8 nitrogen and oxygen atoms in total. The molecule has 1 aromatic carbocycles. The van der Waals surface area contributed by atoms with Gasteiger partial charge in [0, 0.05) is 12.6 Å². The van der Waals surface area contributed by atoms with Crippen LogP contribution in [-0.4, -0.2) is 35.0 Å². The number of carbonyl (C=O) groups is 1. The van der Waals surface area contributed by atoms with Crippen LogP contribution in [0.15, 0.2) is 47.4 Å². The van der Waals surface area contributed by atoms with Gasteiger partial charge < -0.3 is 19.9 Å². The van der Waals surface area contributed by atoms with E-state index in [0.717, 1.165) is 32.1 Å². The smallest absolute Gasteiger partial charge is 0.351 e. The lowest BCUT2D eigenvalue weighted by atomic mass is 10.1. The molecule has 1 aliphatic rings. The van der Waals surface area contributed by atoms with Gasteiger partial charge in [0.15, 0.2) is 12.5 Å². The third-order valence-corrected chi connectivity index (χ3v) is 4.96. The van der Waals surface area contributed by atoms with Gasteiger partial charge in [-0.15, -0.1) is 12.4 Å². The molecule has 1 saturated heterocycles. The first-order chi connectivity index (χ1) is 14.6. The van der Waals surface area contributed by atoms with Gasteiger partial charge >= 0.3 is 11.7 Å². The Balaban J connectivity index is 0.00000341. The second kappa shape index (κ2) is 13.1. The zero-order valence-electron chi connectivity index (χ0n) is 17.5. The standard InChI is InChI=1S/C22H29N3O5.ClH/c23-18-13-14-25(22(27)24-18)19-15-29-21(30-19)16-28-20(26)12-8-3-1-2-5-9-17-10-6-4-7-11-17;/h4,6-7,10-11,13-14,19,21H,1-3,5,8-9,12,15-16H2,(H2,23,24,27);1H/t19-,21-;/m0./s1. The summed E-state index contributed by atoms with van der Waals surface area (Å²) >= 11 is 0. The van der Waals surface area contributed by atoms with Crippen molar-refractivity contribution in [3.8, 4) is 0 Å². The van der Waals surface area contributed by atoms with Crippen LogP contribution in [0.1, 0.15) is 50.3 Å². The SMILES string of the molecule is Cl.Nc1ccn([C@@H]2CO[C@H](COC(=O)CCCCCCCc3ccccc3)O2)c(=O)n1. The molecule has 1 fully saturated rings. The normalized spacial score (nSPS) is 17.8.